The van der Waals surface area contributed by atoms with E-state index in [0.29, 0.717) is 23.9 Å². The van der Waals surface area contributed by atoms with Gasteiger partial charge >= 0.3 is 6.36 Å². The fraction of sp³-hybridized carbons (Fsp3) is 0.316. The molecule has 1 aliphatic rings. The summed E-state index contributed by atoms with van der Waals surface area (Å²) in [5, 5.41) is 0.344. The van der Waals surface area contributed by atoms with E-state index in [1.165, 1.54) is 29.8 Å². The third-order valence-electron chi connectivity index (χ3n) is 4.13. The van der Waals surface area contributed by atoms with Crippen LogP contribution in [0, 0.1) is 0 Å². The highest BCUT2D eigenvalue weighted by Gasteiger charge is 2.31. The molecule has 1 unspecified atom stereocenters. The lowest BCUT2D eigenvalue weighted by molar-refractivity contribution is -0.274. The molecule has 0 N–H and O–H groups in total. The standard InChI is InChI=1S/C19H18F3NO2S/c20-19(21,22)25-16-8-6-15(7-9-16)18(24)23-11-10-17(26-13-12-23)14-4-2-1-3-5-14/h1-9,17H,10-13H2. The van der Waals surface area contributed by atoms with Gasteiger partial charge in [0.2, 0.25) is 0 Å². The van der Waals surface area contributed by atoms with Gasteiger partial charge in [-0.3, -0.25) is 4.79 Å². The minimum absolute atomic E-state index is 0.169. The van der Waals surface area contributed by atoms with Gasteiger partial charge in [0.05, 0.1) is 0 Å². The highest BCUT2D eigenvalue weighted by molar-refractivity contribution is 7.99. The molecule has 1 saturated heterocycles. The summed E-state index contributed by atoms with van der Waals surface area (Å²) < 4.78 is 40.5. The maximum Gasteiger partial charge on any atom is 0.573 e. The van der Waals surface area contributed by atoms with Crippen LogP contribution in [-0.2, 0) is 0 Å². The fourth-order valence-corrected chi connectivity index (χ4v) is 4.12. The van der Waals surface area contributed by atoms with Crippen molar-refractivity contribution in [2.75, 3.05) is 18.8 Å². The molecule has 2 aromatic rings. The molecule has 7 heteroatoms. The molecule has 138 valence electrons. The highest BCUT2D eigenvalue weighted by atomic mass is 32.2. The fourth-order valence-electron chi connectivity index (χ4n) is 2.89. The van der Waals surface area contributed by atoms with Crippen LogP contribution in [0.3, 0.4) is 0 Å². The maximum atomic E-state index is 12.6. The number of rotatable bonds is 3. The second kappa shape index (κ2) is 8.03. The molecule has 3 nitrogen and oxygen atoms in total. The minimum Gasteiger partial charge on any atom is -0.406 e. The van der Waals surface area contributed by atoms with Crippen molar-refractivity contribution in [3.8, 4) is 5.75 Å². The SMILES string of the molecule is O=C(c1ccc(OC(F)(F)F)cc1)N1CCSC(c2ccccc2)CC1. The van der Waals surface area contributed by atoms with Crippen LogP contribution in [0.25, 0.3) is 0 Å². The van der Waals surface area contributed by atoms with Crippen molar-refractivity contribution < 1.29 is 22.7 Å². The monoisotopic (exact) mass is 381 g/mol. The second-order valence-corrected chi connectivity index (χ2v) is 7.23. The van der Waals surface area contributed by atoms with Crippen molar-refractivity contribution in [2.24, 2.45) is 0 Å². The number of carbonyl (C=O) groups is 1. The van der Waals surface area contributed by atoms with Crippen LogP contribution in [-0.4, -0.2) is 36.0 Å². The van der Waals surface area contributed by atoms with E-state index < -0.39 is 6.36 Å². The minimum atomic E-state index is -4.74. The normalized spacial score (nSPS) is 18.3. The quantitative estimate of drug-likeness (QED) is 0.757. The third kappa shape index (κ3) is 4.94. The number of hydrogen-bond acceptors (Lipinski definition) is 3. The molecule has 1 aliphatic heterocycles. The lowest BCUT2D eigenvalue weighted by Gasteiger charge is -2.20. The number of halogens is 3. The zero-order chi connectivity index (χ0) is 18.6. The summed E-state index contributed by atoms with van der Waals surface area (Å²) in [7, 11) is 0. The molecule has 0 radical (unpaired) electrons. The van der Waals surface area contributed by atoms with Crippen LogP contribution in [0.5, 0.6) is 5.75 Å². The van der Waals surface area contributed by atoms with E-state index in [4.69, 9.17) is 0 Å². The molecule has 0 saturated carbocycles. The van der Waals surface area contributed by atoms with E-state index in [1.807, 2.05) is 30.0 Å². The topological polar surface area (TPSA) is 29.5 Å². The Balaban J connectivity index is 1.63. The number of amides is 1. The second-order valence-electron chi connectivity index (χ2n) is 5.92. The van der Waals surface area contributed by atoms with Crippen LogP contribution in [0.1, 0.15) is 27.6 Å². The van der Waals surface area contributed by atoms with Gasteiger partial charge in [0.15, 0.2) is 0 Å². The van der Waals surface area contributed by atoms with Crippen LogP contribution < -0.4 is 4.74 Å². The van der Waals surface area contributed by atoms with Crippen molar-refractivity contribution in [3.05, 3.63) is 65.7 Å². The summed E-state index contributed by atoms with van der Waals surface area (Å²) in [6.45, 7) is 1.24. The molecule has 1 fully saturated rings. The predicted octanol–water partition coefficient (Wildman–Crippen LogP) is 4.91. The molecule has 0 aliphatic carbocycles. The Bertz CT molecular complexity index is 735. The summed E-state index contributed by atoms with van der Waals surface area (Å²) in [6, 6.07) is 15.3. The average Bonchev–Trinajstić information content (AvgIpc) is 2.87. The number of thioether (sulfide) groups is 1. The van der Waals surface area contributed by atoms with Crippen LogP contribution >= 0.6 is 11.8 Å². The summed E-state index contributed by atoms with van der Waals surface area (Å²) in [4.78, 5) is 14.4. The molecule has 1 heterocycles. The maximum absolute atomic E-state index is 12.6. The predicted molar refractivity (Wildman–Crippen MR) is 95.3 cm³/mol. The largest absolute Gasteiger partial charge is 0.573 e. The highest BCUT2D eigenvalue weighted by Crippen LogP contribution is 2.34. The van der Waals surface area contributed by atoms with Crippen molar-refractivity contribution in [3.63, 3.8) is 0 Å². The summed E-state index contributed by atoms with van der Waals surface area (Å²) in [5.41, 5.74) is 1.61. The Morgan fingerprint density at radius 3 is 2.38 bits per heavy atom. The third-order valence-corrected chi connectivity index (χ3v) is 5.46. The molecule has 0 spiro atoms. The van der Waals surface area contributed by atoms with E-state index in [2.05, 4.69) is 16.9 Å². The zero-order valence-corrected chi connectivity index (χ0v) is 14.7. The first-order chi connectivity index (χ1) is 12.4. The number of hydrogen-bond donors (Lipinski definition) is 0. The Morgan fingerprint density at radius 2 is 1.73 bits per heavy atom. The van der Waals surface area contributed by atoms with E-state index >= 15 is 0 Å². The van der Waals surface area contributed by atoms with E-state index in [0.717, 1.165) is 12.2 Å². The molecule has 1 amide bonds. The Kier molecular flexibility index (Phi) is 5.76. The van der Waals surface area contributed by atoms with Crippen molar-refractivity contribution >= 4 is 17.7 Å². The Hall–Kier alpha value is -2.15. The molecule has 0 aromatic heterocycles. The molecular weight excluding hydrogens is 363 g/mol. The first kappa shape index (κ1) is 18.6. The number of benzene rings is 2. The zero-order valence-electron chi connectivity index (χ0n) is 13.9. The first-order valence-corrected chi connectivity index (χ1v) is 9.29. The lowest BCUT2D eigenvalue weighted by atomic mass is 10.1. The summed E-state index contributed by atoms with van der Waals surface area (Å²) in [6.07, 6.45) is -3.89. The van der Waals surface area contributed by atoms with Crippen molar-refractivity contribution in [1.82, 2.24) is 4.90 Å². The van der Waals surface area contributed by atoms with Crippen LogP contribution in [0.2, 0.25) is 0 Å². The molecule has 3 rings (SSSR count). The molecular formula is C19H18F3NO2S. The number of alkyl halides is 3. The molecule has 26 heavy (non-hydrogen) atoms. The summed E-state index contributed by atoms with van der Waals surface area (Å²) >= 11 is 1.82. The van der Waals surface area contributed by atoms with Crippen molar-refractivity contribution in [2.45, 2.75) is 18.0 Å². The van der Waals surface area contributed by atoms with Crippen LogP contribution in [0.15, 0.2) is 54.6 Å². The first-order valence-electron chi connectivity index (χ1n) is 8.24. The number of nitrogens with zero attached hydrogens (tertiary/aromatic N) is 1. The van der Waals surface area contributed by atoms with E-state index in [1.54, 1.807) is 4.90 Å². The smallest absolute Gasteiger partial charge is 0.406 e. The molecule has 0 bridgehead atoms. The van der Waals surface area contributed by atoms with Gasteiger partial charge in [-0.05, 0) is 36.2 Å². The molecule has 2 aromatic carbocycles. The molecule has 1 atom stereocenters. The van der Waals surface area contributed by atoms with Gasteiger partial charge in [0, 0.05) is 29.7 Å². The number of ether oxygens (including phenoxy) is 1. The Morgan fingerprint density at radius 1 is 1.04 bits per heavy atom. The van der Waals surface area contributed by atoms with Gasteiger partial charge < -0.3 is 9.64 Å². The van der Waals surface area contributed by atoms with Gasteiger partial charge in [-0.15, -0.1) is 13.2 Å². The van der Waals surface area contributed by atoms with Crippen molar-refractivity contribution in [1.29, 1.82) is 0 Å². The van der Waals surface area contributed by atoms with Crippen LogP contribution in [0.4, 0.5) is 13.2 Å². The Labute approximate surface area is 154 Å². The van der Waals surface area contributed by atoms with E-state index in [-0.39, 0.29) is 11.7 Å². The summed E-state index contributed by atoms with van der Waals surface area (Å²) in [5.74, 6) is 0.322. The number of carbonyl (C=O) groups excluding carboxylic acids is 1. The van der Waals surface area contributed by atoms with Gasteiger partial charge in [-0.1, -0.05) is 30.3 Å². The van der Waals surface area contributed by atoms with Gasteiger partial charge in [-0.2, -0.15) is 11.8 Å². The average molecular weight is 381 g/mol. The van der Waals surface area contributed by atoms with Gasteiger partial charge in [0.25, 0.3) is 5.91 Å². The van der Waals surface area contributed by atoms with Gasteiger partial charge in [0.1, 0.15) is 5.75 Å². The van der Waals surface area contributed by atoms with E-state index in [9.17, 15) is 18.0 Å². The lowest BCUT2D eigenvalue weighted by Crippen LogP contribution is -2.32. The van der Waals surface area contributed by atoms with Gasteiger partial charge in [-0.25, -0.2) is 0 Å².